The zero-order chi connectivity index (χ0) is 24.3. The number of benzene rings is 3. The zero-order valence-electron chi connectivity index (χ0n) is 18.9. The van der Waals surface area contributed by atoms with E-state index in [1.807, 2.05) is 31.2 Å². The number of hydrogen-bond acceptors (Lipinski definition) is 6. The van der Waals surface area contributed by atoms with Crippen LogP contribution in [0.1, 0.15) is 22.8 Å². The molecule has 1 amide bonds. The summed E-state index contributed by atoms with van der Waals surface area (Å²) in [4.78, 5) is 24.9. The summed E-state index contributed by atoms with van der Waals surface area (Å²) >= 11 is 0. The summed E-state index contributed by atoms with van der Waals surface area (Å²) in [5.74, 6) is 0.684. The first-order valence-electron chi connectivity index (χ1n) is 10.6. The Labute approximate surface area is 198 Å². The van der Waals surface area contributed by atoms with Gasteiger partial charge in [0.1, 0.15) is 17.4 Å². The normalized spacial score (nSPS) is 10.7. The molecule has 3 rings (SSSR count). The molecule has 0 bridgehead atoms. The number of methoxy groups -OCH3 is 1. The average Bonchev–Trinajstić information content (AvgIpc) is 2.87. The van der Waals surface area contributed by atoms with Gasteiger partial charge in [-0.05, 0) is 67.1 Å². The quantitative estimate of drug-likeness (QED) is 0.265. The van der Waals surface area contributed by atoms with Crippen molar-refractivity contribution in [1.82, 2.24) is 0 Å². The van der Waals surface area contributed by atoms with Crippen LogP contribution in [0.25, 0.3) is 6.08 Å². The van der Waals surface area contributed by atoms with E-state index in [9.17, 15) is 14.9 Å². The van der Waals surface area contributed by atoms with Crippen molar-refractivity contribution in [3.63, 3.8) is 0 Å². The van der Waals surface area contributed by atoms with Crippen LogP contribution in [0, 0.1) is 11.3 Å². The van der Waals surface area contributed by atoms with Gasteiger partial charge < -0.3 is 19.5 Å². The number of hydrogen-bond donors (Lipinski definition) is 1. The highest BCUT2D eigenvalue weighted by Crippen LogP contribution is 2.30. The molecule has 0 saturated heterocycles. The monoisotopic (exact) mass is 456 g/mol. The maximum Gasteiger partial charge on any atom is 0.262 e. The van der Waals surface area contributed by atoms with Crippen LogP contribution in [-0.4, -0.2) is 32.0 Å². The van der Waals surface area contributed by atoms with Crippen molar-refractivity contribution in [2.45, 2.75) is 6.92 Å². The fourth-order valence-electron chi connectivity index (χ4n) is 3.08. The van der Waals surface area contributed by atoms with Crippen LogP contribution in [0.3, 0.4) is 0 Å². The highest BCUT2D eigenvalue weighted by Gasteiger charge is 2.14. The molecule has 0 aliphatic carbocycles. The number of nitriles is 1. The number of amides is 1. The van der Waals surface area contributed by atoms with Gasteiger partial charge in [0, 0.05) is 11.3 Å². The van der Waals surface area contributed by atoms with E-state index in [0.717, 1.165) is 0 Å². The van der Waals surface area contributed by atoms with Gasteiger partial charge in [-0.2, -0.15) is 5.26 Å². The summed E-state index contributed by atoms with van der Waals surface area (Å²) < 4.78 is 16.4. The van der Waals surface area contributed by atoms with E-state index >= 15 is 0 Å². The van der Waals surface area contributed by atoms with Crippen LogP contribution < -0.4 is 19.5 Å². The highest BCUT2D eigenvalue weighted by atomic mass is 16.5. The standard InChI is InChI=1S/C27H24N2O5/c1-3-33-25-16-19(15-21(17-28)27(31)20-10-12-23(32-2)13-11-20)9-14-24(25)34-18-26(30)29-22-7-5-4-6-8-22/h4-16H,3,18H2,1-2H3,(H,29,30)/b21-15-. The number of ketones is 1. The molecule has 0 unspecified atom stereocenters. The van der Waals surface area contributed by atoms with E-state index in [0.29, 0.717) is 40.7 Å². The Hall–Kier alpha value is -4.57. The van der Waals surface area contributed by atoms with Crippen LogP contribution in [0.5, 0.6) is 17.2 Å². The van der Waals surface area contributed by atoms with Crippen molar-refractivity contribution in [3.8, 4) is 23.3 Å². The van der Waals surface area contributed by atoms with Gasteiger partial charge in [0.2, 0.25) is 5.78 Å². The maximum absolute atomic E-state index is 12.8. The molecule has 0 fully saturated rings. The molecular weight excluding hydrogens is 432 g/mol. The summed E-state index contributed by atoms with van der Waals surface area (Å²) in [6.07, 6.45) is 1.49. The molecule has 0 aromatic heterocycles. The molecule has 3 aromatic carbocycles. The molecule has 0 radical (unpaired) electrons. The lowest BCUT2D eigenvalue weighted by molar-refractivity contribution is -0.118. The second kappa shape index (κ2) is 11.9. The number of carbonyl (C=O) groups is 2. The highest BCUT2D eigenvalue weighted by molar-refractivity contribution is 6.14. The minimum absolute atomic E-state index is 0.0245. The minimum Gasteiger partial charge on any atom is -0.497 e. The van der Waals surface area contributed by atoms with Crippen LogP contribution in [0.15, 0.2) is 78.4 Å². The van der Waals surface area contributed by atoms with E-state index in [1.165, 1.54) is 13.2 Å². The molecule has 7 nitrogen and oxygen atoms in total. The number of allylic oxidation sites excluding steroid dienone is 1. The van der Waals surface area contributed by atoms with E-state index in [-0.39, 0.29) is 18.1 Å². The van der Waals surface area contributed by atoms with Crippen molar-refractivity contribution in [1.29, 1.82) is 5.26 Å². The Kier molecular flexibility index (Phi) is 8.42. The van der Waals surface area contributed by atoms with Crippen molar-refractivity contribution in [3.05, 3.63) is 89.5 Å². The fraction of sp³-hybridized carbons (Fsp3) is 0.148. The molecule has 3 aromatic rings. The molecule has 7 heteroatoms. The first-order valence-corrected chi connectivity index (χ1v) is 10.6. The van der Waals surface area contributed by atoms with Gasteiger partial charge in [0.25, 0.3) is 5.91 Å². The van der Waals surface area contributed by atoms with E-state index in [1.54, 1.807) is 54.6 Å². The van der Waals surface area contributed by atoms with Crippen molar-refractivity contribution in [2.75, 3.05) is 25.6 Å². The lowest BCUT2D eigenvalue weighted by atomic mass is 10.0. The number of anilines is 1. The number of rotatable bonds is 10. The number of carbonyl (C=O) groups excluding carboxylic acids is 2. The van der Waals surface area contributed by atoms with Crippen LogP contribution in [-0.2, 0) is 4.79 Å². The topological polar surface area (TPSA) is 97.7 Å². The third kappa shape index (κ3) is 6.47. The van der Waals surface area contributed by atoms with Crippen molar-refractivity contribution in [2.24, 2.45) is 0 Å². The Bertz CT molecular complexity index is 1210. The molecular formula is C27H24N2O5. The average molecular weight is 456 g/mol. The Morgan fingerprint density at radius 1 is 0.971 bits per heavy atom. The number of para-hydroxylation sites is 1. The third-order valence-electron chi connectivity index (χ3n) is 4.71. The van der Waals surface area contributed by atoms with E-state index < -0.39 is 5.78 Å². The van der Waals surface area contributed by atoms with Gasteiger partial charge in [-0.15, -0.1) is 0 Å². The van der Waals surface area contributed by atoms with Gasteiger partial charge in [0.15, 0.2) is 18.1 Å². The lowest BCUT2D eigenvalue weighted by Gasteiger charge is -2.13. The maximum atomic E-state index is 12.8. The van der Waals surface area contributed by atoms with Crippen molar-refractivity contribution < 1.29 is 23.8 Å². The summed E-state index contributed by atoms with van der Waals surface area (Å²) in [6, 6.07) is 22.6. The number of ether oxygens (including phenoxy) is 3. The number of Topliss-reactive ketones (excluding diaryl/α,β-unsaturated/α-hetero) is 1. The van der Waals surface area contributed by atoms with Crippen LogP contribution >= 0.6 is 0 Å². The van der Waals surface area contributed by atoms with Gasteiger partial charge in [-0.1, -0.05) is 24.3 Å². The Morgan fingerprint density at radius 3 is 2.35 bits per heavy atom. The molecule has 172 valence electrons. The number of nitrogens with one attached hydrogen (secondary N) is 1. The molecule has 0 heterocycles. The zero-order valence-corrected chi connectivity index (χ0v) is 18.9. The fourth-order valence-corrected chi connectivity index (χ4v) is 3.08. The Morgan fingerprint density at radius 2 is 1.71 bits per heavy atom. The van der Waals surface area contributed by atoms with Gasteiger partial charge >= 0.3 is 0 Å². The molecule has 0 saturated carbocycles. The largest absolute Gasteiger partial charge is 0.497 e. The minimum atomic E-state index is -0.402. The molecule has 0 aliphatic heterocycles. The second-order valence-electron chi connectivity index (χ2n) is 7.07. The number of nitrogens with zero attached hydrogens (tertiary/aromatic N) is 1. The lowest BCUT2D eigenvalue weighted by Crippen LogP contribution is -2.20. The van der Waals surface area contributed by atoms with Crippen molar-refractivity contribution >= 4 is 23.5 Å². The summed E-state index contributed by atoms with van der Waals surface area (Å²) in [5.41, 5.74) is 1.61. The first kappa shape index (κ1) is 24.1. The molecule has 34 heavy (non-hydrogen) atoms. The van der Waals surface area contributed by atoms with Crippen LogP contribution in [0.2, 0.25) is 0 Å². The molecule has 0 spiro atoms. The summed E-state index contributed by atoms with van der Waals surface area (Å²) in [6.45, 7) is 1.99. The molecule has 0 atom stereocenters. The Balaban J connectivity index is 1.75. The van der Waals surface area contributed by atoms with Gasteiger partial charge in [-0.3, -0.25) is 9.59 Å². The summed E-state index contributed by atoms with van der Waals surface area (Å²) in [7, 11) is 1.54. The third-order valence-corrected chi connectivity index (χ3v) is 4.71. The smallest absolute Gasteiger partial charge is 0.262 e. The van der Waals surface area contributed by atoms with E-state index in [4.69, 9.17) is 14.2 Å². The SMILES string of the molecule is CCOc1cc(/C=C(/C#N)C(=O)c2ccc(OC)cc2)ccc1OCC(=O)Nc1ccccc1. The predicted molar refractivity (Wildman–Crippen MR) is 129 cm³/mol. The predicted octanol–water partition coefficient (Wildman–Crippen LogP) is 4.90. The second-order valence-corrected chi connectivity index (χ2v) is 7.07. The first-order chi connectivity index (χ1) is 16.5. The van der Waals surface area contributed by atoms with Gasteiger partial charge in [-0.25, -0.2) is 0 Å². The van der Waals surface area contributed by atoms with Gasteiger partial charge in [0.05, 0.1) is 13.7 Å². The summed E-state index contributed by atoms with van der Waals surface area (Å²) in [5, 5.41) is 12.3. The van der Waals surface area contributed by atoms with Crippen LogP contribution in [0.4, 0.5) is 5.69 Å². The van der Waals surface area contributed by atoms with E-state index in [2.05, 4.69) is 5.32 Å². The molecule has 0 aliphatic rings. The molecule has 1 N–H and O–H groups in total.